The molecule has 4 rings (SSSR count). The van der Waals surface area contributed by atoms with Crippen LogP contribution >= 0.6 is 0 Å². The first-order chi connectivity index (χ1) is 13.6. The molecule has 7 heteroatoms. The predicted molar refractivity (Wildman–Crippen MR) is 107 cm³/mol. The van der Waals surface area contributed by atoms with Crippen molar-refractivity contribution in [3.63, 3.8) is 0 Å². The van der Waals surface area contributed by atoms with Crippen molar-refractivity contribution in [1.82, 2.24) is 20.4 Å². The van der Waals surface area contributed by atoms with Crippen molar-refractivity contribution >= 4 is 22.8 Å². The number of benzene rings is 1. The standard InChI is InChI=1S/C21H25N5O2/c1-14-5-7-16(8-6-14)9-10-22-20(27)17-4-3-11-26(12-17)19-18-15(2)25-28-21(18)24-13-23-19/h5-8,13,17H,3-4,9-12H2,1-2H3,(H,22,27). The van der Waals surface area contributed by atoms with E-state index in [4.69, 9.17) is 4.52 Å². The highest BCUT2D eigenvalue weighted by Gasteiger charge is 2.28. The van der Waals surface area contributed by atoms with E-state index in [9.17, 15) is 4.79 Å². The van der Waals surface area contributed by atoms with E-state index >= 15 is 0 Å². The van der Waals surface area contributed by atoms with E-state index in [0.29, 0.717) is 18.8 Å². The lowest BCUT2D eigenvalue weighted by Gasteiger charge is -2.33. The zero-order chi connectivity index (χ0) is 19.5. The van der Waals surface area contributed by atoms with Crippen LogP contribution in [-0.2, 0) is 11.2 Å². The van der Waals surface area contributed by atoms with E-state index in [0.717, 1.165) is 42.7 Å². The molecule has 1 amide bonds. The molecule has 3 heterocycles. The number of aryl methyl sites for hydroxylation is 2. The summed E-state index contributed by atoms with van der Waals surface area (Å²) >= 11 is 0. The Balaban J connectivity index is 1.38. The third-order valence-electron chi connectivity index (χ3n) is 5.35. The predicted octanol–water partition coefficient (Wildman–Crippen LogP) is 2.81. The molecule has 1 unspecified atom stereocenters. The van der Waals surface area contributed by atoms with Gasteiger partial charge >= 0.3 is 0 Å². The molecule has 2 aromatic heterocycles. The number of carbonyl (C=O) groups excluding carboxylic acids is 1. The number of hydrogen-bond acceptors (Lipinski definition) is 6. The monoisotopic (exact) mass is 379 g/mol. The number of amides is 1. The Hall–Kier alpha value is -2.96. The second-order valence-corrected chi connectivity index (χ2v) is 7.46. The first kappa shape index (κ1) is 18.4. The molecule has 1 atom stereocenters. The maximum absolute atomic E-state index is 12.7. The largest absolute Gasteiger partial charge is 0.355 e. The van der Waals surface area contributed by atoms with Crippen LogP contribution in [0.25, 0.3) is 11.1 Å². The van der Waals surface area contributed by atoms with Gasteiger partial charge in [-0.05, 0) is 38.7 Å². The first-order valence-electron chi connectivity index (χ1n) is 9.77. The molecule has 3 aromatic rings. The summed E-state index contributed by atoms with van der Waals surface area (Å²) in [5.41, 5.74) is 3.75. The average molecular weight is 379 g/mol. The number of nitrogens with zero attached hydrogens (tertiary/aromatic N) is 4. The van der Waals surface area contributed by atoms with Gasteiger partial charge in [-0.1, -0.05) is 35.0 Å². The third kappa shape index (κ3) is 3.83. The fraction of sp³-hybridized carbons (Fsp3) is 0.429. The molecule has 0 spiro atoms. The fourth-order valence-corrected chi connectivity index (χ4v) is 3.76. The van der Waals surface area contributed by atoms with Gasteiger partial charge in [-0.2, -0.15) is 4.98 Å². The maximum Gasteiger partial charge on any atom is 0.263 e. The Morgan fingerprint density at radius 1 is 1.25 bits per heavy atom. The zero-order valence-electron chi connectivity index (χ0n) is 16.3. The molecule has 146 valence electrons. The second-order valence-electron chi connectivity index (χ2n) is 7.46. The van der Waals surface area contributed by atoms with Crippen LogP contribution in [0.4, 0.5) is 5.82 Å². The molecule has 7 nitrogen and oxygen atoms in total. The van der Waals surface area contributed by atoms with Crippen molar-refractivity contribution in [2.45, 2.75) is 33.1 Å². The van der Waals surface area contributed by atoms with Gasteiger partial charge in [-0.15, -0.1) is 0 Å². The average Bonchev–Trinajstić information content (AvgIpc) is 3.11. The molecule has 0 saturated carbocycles. The van der Waals surface area contributed by atoms with Crippen LogP contribution < -0.4 is 10.2 Å². The Kier molecular flexibility index (Phi) is 5.23. The number of anilines is 1. The SMILES string of the molecule is Cc1ccc(CCNC(=O)C2CCCN(c3ncnc4onc(C)c34)C2)cc1. The number of piperidine rings is 1. The maximum atomic E-state index is 12.7. The number of carbonyl (C=O) groups is 1. The van der Waals surface area contributed by atoms with Gasteiger partial charge in [0.25, 0.3) is 5.71 Å². The first-order valence-corrected chi connectivity index (χ1v) is 9.77. The van der Waals surface area contributed by atoms with Crippen molar-refractivity contribution in [1.29, 1.82) is 0 Å². The minimum atomic E-state index is -0.0445. The number of aromatic nitrogens is 3. The summed E-state index contributed by atoms with van der Waals surface area (Å²) in [6.07, 6.45) is 4.18. The lowest BCUT2D eigenvalue weighted by molar-refractivity contribution is -0.125. The molecule has 1 aliphatic rings. The number of hydrogen-bond donors (Lipinski definition) is 1. The summed E-state index contributed by atoms with van der Waals surface area (Å²) in [4.78, 5) is 23.4. The molecule has 0 bridgehead atoms. The summed E-state index contributed by atoms with van der Waals surface area (Å²) < 4.78 is 5.25. The van der Waals surface area contributed by atoms with Crippen LogP contribution in [0.2, 0.25) is 0 Å². The van der Waals surface area contributed by atoms with Gasteiger partial charge in [-0.3, -0.25) is 4.79 Å². The van der Waals surface area contributed by atoms with Crippen LogP contribution in [-0.4, -0.2) is 40.7 Å². The van der Waals surface area contributed by atoms with Crippen LogP contribution in [0.1, 0.15) is 29.7 Å². The van der Waals surface area contributed by atoms with Gasteiger partial charge in [-0.25, -0.2) is 4.98 Å². The smallest absolute Gasteiger partial charge is 0.263 e. The molecule has 1 saturated heterocycles. The normalized spacial score (nSPS) is 17.1. The topological polar surface area (TPSA) is 84.2 Å². The van der Waals surface area contributed by atoms with Gasteiger partial charge in [0.05, 0.1) is 11.6 Å². The Morgan fingerprint density at radius 3 is 2.89 bits per heavy atom. The van der Waals surface area contributed by atoms with E-state index in [1.54, 1.807) is 0 Å². The van der Waals surface area contributed by atoms with Crippen LogP contribution in [0.5, 0.6) is 0 Å². The van der Waals surface area contributed by atoms with E-state index in [1.807, 2.05) is 6.92 Å². The van der Waals surface area contributed by atoms with Crippen molar-refractivity contribution in [2.24, 2.45) is 5.92 Å². The Morgan fingerprint density at radius 2 is 2.07 bits per heavy atom. The number of fused-ring (bicyclic) bond motifs is 1. The molecule has 1 N–H and O–H groups in total. The van der Waals surface area contributed by atoms with Crippen molar-refractivity contribution in [2.75, 3.05) is 24.5 Å². The van der Waals surface area contributed by atoms with Gasteiger partial charge in [0.2, 0.25) is 5.91 Å². The summed E-state index contributed by atoms with van der Waals surface area (Å²) in [6, 6.07) is 8.44. The molecule has 0 radical (unpaired) electrons. The Bertz CT molecular complexity index is 967. The summed E-state index contributed by atoms with van der Waals surface area (Å²) in [6.45, 7) is 6.13. The molecular formula is C21H25N5O2. The number of rotatable bonds is 5. The van der Waals surface area contributed by atoms with Crippen molar-refractivity contribution in [3.05, 3.63) is 47.4 Å². The van der Waals surface area contributed by atoms with Gasteiger partial charge in [0.15, 0.2) is 0 Å². The minimum absolute atomic E-state index is 0.0445. The van der Waals surface area contributed by atoms with E-state index in [2.05, 4.69) is 56.5 Å². The third-order valence-corrected chi connectivity index (χ3v) is 5.35. The highest BCUT2D eigenvalue weighted by molar-refractivity contribution is 5.88. The van der Waals surface area contributed by atoms with Crippen molar-refractivity contribution < 1.29 is 9.32 Å². The molecule has 28 heavy (non-hydrogen) atoms. The van der Waals surface area contributed by atoms with Gasteiger partial charge in [0, 0.05) is 19.6 Å². The molecular weight excluding hydrogens is 354 g/mol. The Labute approximate surface area is 164 Å². The van der Waals surface area contributed by atoms with E-state index < -0.39 is 0 Å². The summed E-state index contributed by atoms with van der Waals surface area (Å²) in [5, 5.41) is 7.93. The lowest BCUT2D eigenvalue weighted by atomic mass is 9.96. The summed E-state index contributed by atoms with van der Waals surface area (Å²) in [5.74, 6) is 0.877. The minimum Gasteiger partial charge on any atom is -0.355 e. The van der Waals surface area contributed by atoms with E-state index in [1.165, 1.54) is 17.5 Å². The molecule has 1 fully saturated rings. The number of nitrogens with one attached hydrogen (secondary N) is 1. The molecule has 1 aliphatic heterocycles. The second kappa shape index (κ2) is 7.96. The molecule has 1 aromatic carbocycles. The van der Waals surface area contributed by atoms with E-state index in [-0.39, 0.29) is 11.8 Å². The lowest BCUT2D eigenvalue weighted by Crippen LogP contribution is -2.43. The van der Waals surface area contributed by atoms with Crippen LogP contribution in [0.15, 0.2) is 35.1 Å². The van der Waals surface area contributed by atoms with Gasteiger partial charge < -0.3 is 14.7 Å². The molecule has 0 aliphatic carbocycles. The quantitative estimate of drug-likeness (QED) is 0.734. The van der Waals surface area contributed by atoms with Crippen LogP contribution in [0, 0.1) is 19.8 Å². The summed E-state index contributed by atoms with van der Waals surface area (Å²) in [7, 11) is 0. The van der Waals surface area contributed by atoms with Gasteiger partial charge in [0.1, 0.15) is 17.5 Å². The highest BCUT2D eigenvalue weighted by Crippen LogP contribution is 2.29. The highest BCUT2D eigenvalue weighted by atomic mass is 16.5. The van der Waals surface area contributed by atoms with Crippen LogP contribution in [0.3, 0.4) is 0 Å². The fourth-order valence-electron chi connectivity index (χ4n) is 3.76. The van der Waals surface area contributed by atoms with Crippen molar-refractivity contribution in [3.8, 4) is 0 Å². The zero-order valence-corrected chi connectivity index (χ0v) is 16.3.